The highest BCUT2D eigenvalue weighted by atomic mass is 16.6. The van der Waals surface area contributed by atoms with Gasteiger partial charge in [-0.25, -0.2) is 4.79 Å². The van der Waals surface area contributed by atoms with Gasteiger partial charge in [-0.1, -0.05) is 12.1 Å². The molecule has 2 atom stereocenters. The summed E-state index contributed by atoms with van der Waals surface area (Å²) in [6, 6.07) is -0.175. The van der Waals surface area contributed by atoms with Gasteiger partial charge in [-0.2, -0.15) is 4.98 Å². The monoisotopic (exact) mass is 267 g/mol. The number of amides is 1. The van der Waals surface area contributed by atoms with Gasteiger partial charge < -0.3 is 9.26 Å². The maximum Gasteiger partial charge on any atom is 0.410 e. The Bertz CT molecular complexity index is 464. The van der Waals surface area contributed by atoms with Gasteiger partial charge >= 0.3 is 6.09 Å². The minimum Gasteiger partial charge on any atom is -0.444 e. The fraction of sp³-hybridized carbons (Fsp3) is 0.769. The molecular formula is C13H21N3O3. The van der Waals surface area contributed by atoms with E-state index in [1.165, 1.54) is 0 Å². The number of hydrogen-bond acceptors (Lipinski definition) is 5. The maximum atomic E-state index is 12.2. The van der Waals surface area contributed by atoms with Crippen LogP contribution >= 0.6 is 0 Å². The van der Waals surface area contributed by atoms with Crippen LogP contribution in [0.3, 0.4) is 0 Å². The number of likely N-dealkylation sites (tertiary alicyclic amines) is 1. The molecule has 1 aliphatic heterocycles. The zero-order valence-electron chi connectivity index (χ0n) is 12.1. The molecule has 1 unspecified atom stereocenters. The number of nitrogens with zero attached hydrogens (tertiary/aromatic N) is 3. The van der Waals surface area contributed by atoms with Gasteiger partial charge in [-0.05, 0) is 40.0 Å². The maximum absolute atomic E-state index is 12.2. The summed E-state index contributed by atoms with van der Waals surface area (Å²) >= 11 is 0. The van der Waals surface area contributed by atoms with E-state index in [0.717, 1.165) is 6.42 Å². The summed E-state index contributed by atoms with van der Waals surface area (Å²) in [6.45, 7) is 10.1. The van der Waals surface area contributed by atoms with Crippen LogP contribution in [0.1, 0.15) is 51.9 Å². The molecule has 0 saturated carbocycles. The molecule has 1 aliphatic rings. The molecule has 1 fully saturated rings. The summed E-state index contributed by atoms with van der Waals surface area (Å²) in [5, 5.41) is 3.79. The number of aryl methyl sites for hydroxylation is 1. The first-order valence-electron chi connectivity index (χ1n) is 6.56. The lowest BCUT2D eigenvalue weighted by Crippen LogP contribution is -2.36. The Labute approximate surface area is 113 Å². The van der Waals surface area contributed by atoms with Crippen LogP contribution in [-0.4, -0.2) is 33.3 Å². The van der Waals surface area contributed by atoms with Crippen LogP contribution in [0.15, 0.2) is 4.52 Å². The van der Waals surface area contributed by atoms with Crippen LogP contribution in [0, 0.1) is 12.8 Å². The standard InChI is InChI=1S/C13H21N3O3/c1-8-6-10(11-14-9(2)15-19-11)16(7-8)12(17)18-13(3,4)5/h8,10H,6-7H2,1-5H3/t8?,10-/m0/s1. The average Bonchev–Trinajstić information content (AvgIpc) is 2.81. The highest BCUT2D eigenvalue weighted by Crippen LogP contribution is 2.35. The third-order valence-corrected chi connectivity index (χ3v) is 2.97. The molecular weight excluding hydrogens is 246 g/mol. The van der Waals surface area contributed by atoms with Gasteiger partial charge in [-0.3, -0.25) is 4.90 Å². The predicted octanol–water partition coefficient (Wildman–Crippen LogP) is 2.70. The topological polar surface area (TPSA) is 68.5 Å². The molecule has 1 aromatic rings. The van der Waals surface area contributed by atoms with E-state index >= 15 is 0 Å². The summed E-state index contributed by atoms with van der Waals surface area (Å²) in [5.41, 5.74) is -0.502. The summed E-state index contributed by atoms with van der Waals surface area (Å²) in [5.74, 6) is 1.47. The Morgan fingerprint density at radius 3 is 2.68 bits per heavy atom. The molecule has 0 bridgehead atoms. The zero-order valence-corrected chi connectivity index (χ0v) is 12.1. The second-order valence-electron chi connectivity index (χ2n) is 6.17. The highest BCUT2D eigenvalue weighted by molar-refractivity contribution is 5.69. The lowest BCUT2D eigenvalue weighted by molar-refractivity contribution is 0.0196. The normalized spacial score (nSPS) is 23.7. The van der Waals surface area contributed by atoms with Gasteiger partial charge in [0.1, 0.15) is 11.6 Å². The first-order chi connectivity index (χ1) is 8.76. The minimum atomic E-state index is -0.502. The van der Waals surface area contributed by atoms with Crippen LogP contribution in [0.2, 0.25) is 0 Å². The van der Waals surface area contributed by atoms with Crippen molar-refractivity contribution >= 4 is 6.09 Å². The van der Waals surface area contributed by atoms with Gasteiger partial charge in [0, 0.05) is 6.54 Å². The van der Waals surface area contributed by atoms with E-state index in [9.17, 15) is 4.79 Å². The first-order valence-corrected chi connectivity index (χ1v) is 6.56. The lowest BCUT2D eigenvalue weighted by Gasteiger charge is -2.27. The summed E-state index contributed by atoms with van der Waals surface area (Å²) in [4.78, 5) is 18.1. The molecule has 0 N–H and O–H groups in total. The van der Waals surface area contributed by atoms with Crippen molar-refractivity contribution in [3.8, 4) is 0 Å². The average molecular weight is 267 g/mol. The summed E-state index contributed by atoms with van der Waals surface area (Å²) in [7, 11) is 0. The SMILES string of the molecule is Cc1noc([C@@H]2CC(C)CN2C(=O)OC(C)(C)C)n1. The van der Waals surface area contributed by atoms with Crippen LogP contribution in [0.4, 0.5) is 4.79 Å². The van der Waals surface area contributed by atoms with E-state index in [1.807, 2.05) is 20.8 Å². The molecule has 0 radical (unpaired) electrons. The molecule has 19 heavy (non-hydrogen) atoms. The Morgan fingerprint density at radius 2 is 2.16 bits per heavy atom. The smallest absolute Gasteiger partial charge is 0.410 e. The Hall–Kier alpha value is -1.59. The second-order valence-corrected chi connectivity index (χ2v) is 6.17. The quantitative estimate of drug-likeness (QED) is 0.782. The lowest BCUT2D eigenvalue weighted by atomic mass is 10.1. The number of hydrogen-bond donors (Lipinski definition) is 0. The third-order valence-electron chi connectivity index (χ3n) is 2.97. The number of carbonyl (C=O) groups is 1. The van der Waals surface area contributed by atoms with Crippen molar-refractivity contribution in [3.63, 3.8) is 0 Å². The molecule has 1 saturated heterocycles. The van der Waals surface area contributed by atoms with E-state index in [1.54, 1.807) is 11.8 Å². The van der Waals surface area contributed by atoms with Crippen molar-refractivity contribution in [2.24, 2.45) is 5.92 Å². The Morgan fingerprint density at radius 1 is 1.47 bits per heavy atom. The van der Waals surface area contributed by atoms with E-state index in [2.05, 4.69) is 17.1 Å². The summed E-state index contributed by atoms with van der Waals surface area (Å²) in [6.07, 6.45) is 0.499. The van der Waals surface area contributed by atoms with Crippen molar-refractivity contribution in [3.05, 3.63) is 11.7 Å². The number of rotatable bonds is 1. The highest BCUT2D eigenvalue weighted by Gasteiger charge is 2.39. The van der Waals surface area contributed by atoms with Gasteiger partial charge in [0.2, 0.25) is 5.89 Å². The summed E-state index contributed by atoms with van der Waals surface area (Å²) < 4.78 is 10.6. The van der Waals surface area contributed by atoms with Crippen LogP contribution in [-0.2, 0) is 4.74 Å². The predicted molar refractivity (Wildman–Crippen MR) is 68.5 cm³/mol. The first kappa shape index (κ1) is 13.8. The van der Waals surface area contributed by atoms with Gasteiger partial charge in [-0.15, -0.1) is 0 Å². The molecule has 2 rings (SSSR count). The van der Waals surface area contributed by atoms with E-state index in [4.69, 9.17) is 9.26 Å². The fourth-order valence-electron chi connectivity index (χ4n) is 2.25. The molecule has 6 nitrogen and oxygen atoms in total. The Balaban J connectivity index is 2.16. The fourth-order valence-corrected chi connectivity index (χ4v) is 2.25. The van der Waals surface area contributed by atoms with Crippen molar-refractivity contribution in [1.82, 2.24) is 15.0 Å². The van der Waals surface area contributed by atoms with Crippen molar-refractivity contribution < 1.29 is 14.1 Å². The molecule has 2 heterocycles. The molecule has 0 aliphatic carbocycles. The molecule has 6 heteroatoms. The largest absolute Gasteiger partial charge is 0.444 e. The van der Waals surface area contributed by atoms with Gasteiger partial charge in [0.25, 0.3) is 0 Å². The third kappa shape index (κ3) is 3.24. The number of carbonyl (C=O) groups excluding carboxylic acids is 1. The van der Waals surface area contributed by atoms with Crippen molar-refractivity contribution in [2.75, 3.05) is 6.54 Å². The molecule has 106 valence electrons. The van der Waals surface area contributed by atoms with Crippen LogP contribution < -0.4 is 0 Å². The second kappa shape index (κ2) is 4.83. The van der Waals surface area contributed by atoms with Gasteiger partial charge in [0.15, 0.2) is 5.82 Å². The molecule has 0 aromatic carbocycles. The van der Waals surface area contributed by atoms with E-state index < -0.39 is 5.60 Å². The molecule has 1 aromatic heterocycles. The Kier molecular flexibility index (Phi) is 3.52. The van der Waals surface area contributed by atoms with Crippen LogP contribution in [0.25, 0.3) is 0 Å². The van der Waals surface area contributed by atoms with Crippen LogP contribution in [0.5, 0.6) is 0 Å². The molecule has 0 spiro atoms. The molecule has 1 amide bonds. The minimum absolute atomic E-state index is 0.175. The number of ether oxygens (including phenoxy) is 1. The van der Waals surface area contributed by atoms with Crippen molar-refractivity contribution in [1.29, 1.82) is 0 Å². The van der Waals surface area contributed by atoms with E-state index in [-0.39, 0.29) is 12.1 Å². The van der Waals surface area contributed by atoms with Crippen molar-refractivity contribution in [2.45, 2.75) is 52.7 Å². The van der Waals surface area contributed by atoms with E-state index in [0.29, 0.717) is 24.2 Å². The zero-order chi connectivity index (χ0) is 14.2. The number of aromatic nitrogens is 2. The van der Waals surface area contributed by atoms with Gasteiger partial charge in [0.05, 0.1) is 0 Å².